The number of hydrogen-bond acceptors (Lipinski definition) is 3. The van der Waals surface area contributed by atoms with Crippen LogP contribution in [0.5, 0.6) is 0 Å². The molecule has 1 saturated heterocycles. The molecule has 0 radical (unpaired) electrons. The molecule has 7 heteroatoms. The molecule has 3 rings (SSSR count). The van der Waals surface area contributed by atoms with Crippen molar-refractivity contribution >= 4 is 22.7 Å². The van der Waals surface area contributed by atoms with Crippen LogP contribution in [0.25, 0.3) is 10.6 Å². The third-order valence-corrected chi connectivity index (χ3v) is 5.21. The molecule has 1 aliphatic rings. The second-order valence-corrected chi connectivity index (χ2v) is 6.36. The largest absolute Gasteiger partial charge is 0.307 e. The predicted molar refractivity (Wildman–Crippen MR) is 78.3 cm³/mol. The highest BCUT2D eigenvalue weighted by atomic mass is 32.1. The van der Waals surface area contributed by atoms with Crippen LogP contribution in [0.2, 0.25) is 0 Å². The summed E-state index contributed by atoms with van der Waals surface area (Å²) in [5, 5.41) is 7.23. The van der Waals surface area contributed by atoms with Gasteiger partial charge in [-0.2, -0.15) is 5.10 Å². The highest BCUT2D eigenvalue weighted by molar-refractivity contribution is 7.19. The molecule has 4 nitrogen and oxygen atoms in total. The number of hydrogen-bond donors (Lipinski definition) is 1. The summed E-state index contributed by atoms with van der Waals surface area (Å²) in [5.74, 6) is 0. The molecule has 21 heavy (non-hydrogen) atoms. The Bertz CT molecular complexity index is 632. The highest BCUT2D eigenvalue weighted by Gasteiger charge is 2.34. The number of carbonyl (C=O) groups is 1. The standard InChI is InChI=1S/C14H16F2N3OS/c15-14(16)11-8-10(17-18-11)12-4-5-13(21-12)19(9-20)6-2-1-3-7-19/h4-5,8-9,14H,1-3,6-7H2,(H,17,18)/q+1. The number of rotatable bonds is 4. The summed E-state index contributed by atoms with van der Waals surface area (Å²) in [6.45, 7) is 1.62. The lowest BCUT2D eigenvalue weighted by atomic mass is 10.1. The number of carbonyl (C=O) groups excluding carboxylic acids is 1. The summed E-state index contributed by atoms with van der Waals surface area (Å²) in [6.07, 6.45) is 1.67. The quantitative estimate of drug-likeness (QED) is 0.691. The minimum Gasteiger partial charge on any atom is -0.276 e. The topological polar surface area (TPSA) is 45.8 Å². The van der Waals surface area contributed by atoms with Gasteiger partial charge >= 0.3 is 6.41 Å². The number of nitrogens with zero attached hydrogens (tertiary/aromatic N) is 2. The van der Waals surface area contributed by atoms with Gasteiger partial charge in [0.25, 0.3) is 6.43 Å². The molecule has 0 spiro atoms. The molecule has 0 bridgehead atoms. The number of alkyl halides is 2. The molecule has 112 valence electrons. The normalized spacial score (nSPS) is 18.0. The fourth-order valence-corrected chi connectivity index (χ4v) is 3.85. The van der Waals surface area contributed by atoms with Crippen molar-refractivity contribution in [2.75, 3.05) is 13.1 Å². The highest BCUT2D eigenvalue weighted by Crippen LogP contribution is 2.38. The average Bonchev–Trinajstić information content (AvgIpc) is 3.17. The van der Waals surface area contributed by atoms with Crippen LogP contribution < -0.4 is 4.48 Å². The van der Waals surface area contributed by atoms with Crippen LogP contribution in [0, 0.1) is 0 Å². The first-order valence-corrected chi connectivity index (χ1v) is 7.74. The molecule has 1 aliphatic heterocycles. The van der Waals surface area contributed by atoms with Gasteiger partial charge in [-0.05, 0) is 31.4 Å². The Hall–Kier alpha value is -1.60. The molecule has 0 aliphatic carbocycles. The number of piperidine rings is 1. The summed E-state index contributed by atoms with van der Waals surface area (Å²) in [6, 6.07) is 5.13. The van der Waals surface area contributed by atoms with Crippen molar-refractivity contribution in [3.8, 4) is 10.6 Å². The molecule has 0 aromatic carbocycles. The molecular weight excluding hydrogens is 296 g/mol. The second kappa shape index (κ2) is 5.65. The Morgan fingerprint density at radius 3 is 2.67 bits per heavy atom. The lowest BCUT2D eigenvalue weighted by Gasteiger charge is -2.33. The van der Waals surface area contributed by atoms with Crippen LogP contribution >= 0.6 is 11.3 Å². The van der Waals surface area contributed by atoms with E-state index in [0.29, 0.717) is 10.2 Å². The van der Waals surface area contributed by atoms with E-state index in [-0.39, 0.29) is 5.69 Å². The zero-order chi connectivity index (χ0) is 14.9. The minimum atomic E-state index is -2.55. The van der Waals surface area contributed by atoms with E-state index in [4.69, 9.17) is 0 Å². The van der Waals surface area contributed by atoms with E-state index in [1.807, 2.05) is 12.1 Å². The van der Waals surface area contributed by atoms with Gasteiger partial charge in [0.2, 0.25) is 0 Å². The van der Waals surface area contributed by atoms with Crippen LogP contribution in [0.15, 0.2) is 18.2 Å². The van der Waals surface area contributed by atoms with Gasteiger partial charge in [-0.15, -0.1) is 0 Å². The first-order valence-electron chi connectivity index (χ1n) is 6.92. The number of H-pyrrole nitrogens is 1. The van der Waals surface area contributed by atoms with Gasteiger partial charge in [-0.3, -0.25) is 5.10 Å². The van der Waals surface area contributed by atoms with Crippen molar-refractivity contribution in [2.24, 2.45) is 0 Å². The number of quaternary nitrogens is 1. The van der Waals surface area contributed by atoms with Crippen molar-refractivity contribution in [1.82, 2.24) is 14.7 Å². The molecule has 0 atom stereocenters. The van der Waals surface area contributed by atoms with E-state index in [9.17, 15) is 13.6 Å². The van der Waals surface area contributed by atoms with E-state index >= 15 is 0 Å². The van der Waals surface area contributed by atoms with Crippen LogP contribution in [-0.2, 0) is 4.79 Å². The van der Waals surface area contributed by atoms with Gasteiger partial charge in [-0.1, -0.05) is 11.3 Å². The Morgan fingerprint density at radius 1 is 1.29 bits per heavy atom. The molecule has 3 heterocycles. The summed E-state index contributed by atoms with van der Waals surface area (Å²) < 4.78 is 25.5. The zero-order valence-electron chi connectivity index (χ0n) is 11.4. The average molecular weight is 312 g/mol. The molecule has 0 saturated carbocycles. The van der Waals surface area contributed by atoms with Crippen LogP contribution in [0.3, 0.4) is 0 Å². The maximum Gasteiger partial charge on any atom is 0.307 e. The van der Waals surface area contributed by atoms with Crippen LogP contribution in [-0.4, -0.2) is 29.7 Å². The van der Waals surface area contributed by atoms with Crippen molar-refractivity contribution in [1.29, 1.82) is 0 Å². The van der Waals surface area contributed by atoms with Crippen molar-refractivity contribution in [3.05, 3.63) is 23.9 Å². The Balaban J connectivity index is 1.89. The first-order chi connectivity index (χ1) is 10.1. The fourth-order valence-electron chi connectivity index (χ4n) is 2.73. The summed E-state index contributed by atoms with van der Waals surface area (Å²) in [5.41, 5.74) is 0.319. The maximum absolute atomic E-state index is 12.6. The van der Waals surface area contributed by atoms with Gasteiger partial charge < -0.3 is 0 Å². The van der Waals surface area contributed by atoms with E-state index in [2.05, 4.69) is 10.2 Å². The first kappa shape index (κ1) is 14.3. The van der Waals surface area contributed by atoms with Gasteiger partial charge in [0.15, 0.2) is 5.00 Å². The molecule has 1 N–H and O–H groups in total. The Morgan fingerprint density at radius 2 is 2.05 bits per heavy atom. The third-order valence-electron chi connectivity index (χ3n) is 3.93. The lowest BCUT2D eigenvalue weighted by Crippen LogP contribution is -2.51. The number of thiophene rings is 1. The van der Waals surface area contributed by atoms with E-state index in [1.165, 1.54) is 17.4 Å². The van der Waals surface area contributed by atoms with Crippen molar-refractivity contribution in [2.45, 2.75) is 25.7 Å². The predicted octanol–water partition coefficient (Wildman–Crippen LogP) is 3.72. The van der Waals surface area contributed by atoms with Crippen molar-refractivity contribution < 1.29 is 13.6 Å². The monoisotopic (exact) mass is 312 g/mol. The van der Waals surface area contributed by atoms with Gasteiger partial charge in [0.1, 0.15) is 11.4 Å². The molecular formula is C14H16F2N3OS+. The maximum atomic E-state index is 12.6. The van der Waals surface area contributed by atoms with E-state index in [0.717, 1.165) is 48.6 Å². The van der Waals surface area contributed by atoms with E-state index < -0.39 is 6.43 Å². The number of aromatic nitrogens is 2. The molecule has 2 aromatic heterocycles. The molecule has 1 amide bonds. The number of nitrogens with one attached hydrogen (secondary N) is 1. The lowest BCUT2D eigenvalue weighted by molar-refractivity contribution is -0.118. The second-order valence-electron chi connectivity index (χ2n) is 5.29. The summed E-state index contributed by atoms with van der Waals surface area (Å²) in [4.78, 5) is 12.4. The molecule has 1 fully saturated rings. The number of halogens is 2. The van der Waals surface area contributed by atoms with Crippen LogP contribution in [0.1, 0.15) is 31.4 Å². The number of aromatic amines is 1. The smallest absolute Gasteiger partial charge is 0.276 e. The fraction of sp³-hybridized carbons (Fsp3) is 0.429. The summed E-state index contributed by atoms with van der Waals surface area (Å²) >= 11 is 1.45. The van der Waals surface area contributed by atoms with Gasteiger partial charge in [-0.25, -0.2) is 18.1 Å². The van der Waals surface area contributed by atoms with Crippen LogP contribution in [0.4, 0.5) is 13.8 Å². The van der Waals surface area contributed by atoms with Gasteiger partial charge in [0.05, 0.1) is 18.0 Å². The van der Waals surface area contributed by atoms with Crippen molar-refractivity contribution in [3.63, 3.8) is 0 Å². The SMILES string of the molecule is O=C[N+]1(c2ccc(-c3cc(C(F)F)[nH]n3)s2)CCCCC1. The van der Waals surface area contributed by atoms with Gasteiger partial charge in [0, 0.05) is 6.07 Å². The summed E-state index contributed by atoms with van der Waals surface area (Å²) in [7, 11) is 0. The molecule has 2 aromatic rings. The Labute approximate surface area is 125 Å². The Kier molecular flexibility index (Phi) is 3.86. The van der Waals surface area contributed by atoms with E-state index in [1.54, 1.807) is 0 Å². The third kappa shape index (κ3) is 2.63. The number of likely N-dealkylation sites (tertiary alicyclic amines) is 1. The molecule has 0 unspecified atom stereocenters. The number of amides is 1. The zero-order valence-corrected chi connectivity index (χ0v) is 12.2. The minimum absolute atomic E-state index is 0.183.